The predicted octanol–water partition coefficient (Wildman–Crippen LogP) is 3.31. The fourth-order valence-electron chi connectivity index (χ4n) is 1.71. The molecule has 0 aliphatic carbocycles. The lowest BCUT2D eigenvalue weighted by Crippen LogP contribution is -2.00. The van der Waals surface area contributed by atoms with Crippen LogP contribution in [0, 0.1) is 5.53 Å². The largest absolute Gasteiger partial charge is 0.209 e. The smallest absolute Gasteiger partial charge is 0.121 e. The molecule has 0 radical (unpaired) electrons. The van der Waals surface area contributed by atoms with Crippen LogP contribution in [0.2, 0.25) is 0 Å². The zero-order chi connectivity index (χ0) is 11.4. The molecule has 2 unspecified atom stereocenters. The molecule has 0 saturated carbocycles. The van der Waals surface area contributed by atoms with Crippen molar-refractivity contribution in [1.29, 1.82) is 5.53 Å². The molecular weight excluding hydrogens is 215 g/mol. The molecule has 0 saturated heterocycles. The van der Waals surface area contributed by atoms with Crippen molar-refractivity contribution in [1.82, 2.24) is 0 Å². The molecule has 0 fully saturated rings. The van der Waals surface area contributed by atoms with Crippen molar-refractivity contribution in [2.24, 2.45) is 5.11 Å². The third kappa shape index (κ3) is 2.34. The fraction of sp³-hybridized carbons (Fsp3) is 0.0769. The van der Waals surface area contributed by atoms with Gasteiger partial charge < -0.3 is 0 Å². The van der Waals surface area contributed by atoms with Crippen LogP contribution < -0.4 is 5.30 Å². The number of hydrogen-bond donors (Lipinski definition) is 1. The highest BCUT2D eigenvalue weighted by Crippen LogP contribution is 2.25. The summed E-state index contributed by atoms with van der Waals surface area (Å²) in [6.45, 7) is 0. The van der Waals surface area contributed by atoms with Crippen molar-refractivity contribution in [3.63, 3.8) is 0 Å². The lowest BCUT2D eigenvalue weighted by atomic mass is 10.00. The van der Waals surface area contributed by atoms with E-state index in [4.69, 9.17) is 5.53 Å². The summed E-state index contributed by atoms with van der Waals surface area (Å²) in [6.07, 6.45) is 0. The van der Waals surface area contributed by atoms with E-state index in [-0.39, 0.29) is 6.04 Å². The van der Waals surface area contributed by atoms with E-state index < -0.39 is 0 Å². The fourth-order valence-corrected chi connectivity index (χ4v) is 2.01. The van der Waals surface area contributed by atoms with Crippen molar-refractivity contribution >= 4 is 14.5 Å². The first-order valence-corrected chi connectivity index (χ1v) is 5.66. The van der Waals surface area contributed by atoms with Crippen LogP contribution >= 0.6 is 9.24 Å². The number of nitrogens with zero attached hydrogens (tertiary/aromatic N) is 1. The lowest BCUT2D eigenvalue weighted by molar-refractivity contribution is 0.776. The Hall–Kier alpha value is -1.53. The summed E-state index contributed by atoms with van der Waals surface area (Å²) in [5, 5.41) is 4.82. The lowest BCUT2D eigenvalue weighted by Gasteiger charge is -2.11. The van der Waals surface area contributed by atoms with Gasteiger partial charge in [-0.25, -0.2) is 5.53 Å². The Labute approximate surface area is 97.4 Å². The van der Waals surface area contributed by atoms with Crippen LogP contribution in [0.3, 0.4) is 0 Å². The average molecular weight is 228 g/mol. The summed E-state index contributed by atoms with van der Waals surface area (Å²) in [7, 11) is 2.66. The Bertz CT molecular complexity index is 482. The van der Waals surface area contributed by atoms with Gasteiger partial charge in [0, 0.05) is 0 Å². The van der Waals surface area contributed by atoms with Gasteiger partial charge in [-0.2, -0.15) is 5.11 Å². The van der Waals surface area contributed by atoms with Gasteiger partial charge in [0.2, 0.25) is 0 Å². The average Bonchev–Trinajstić information content (AvgIpc) is 2.31. The summed E-state index contributed by atoms with van der Waals surface area (Å²) < 4.78 is 0. The highest BCUT2D eigenvalue weighted by molar-refractivity contribution is 7.27. The summed E-state index contributed by atoms with van der Waals surface area (Å²) in [4.78, 5) is 0. The molecule has 0 aliphatic heterocycles. The van der Waals surface area contributed by atoms with Crippen LogP contribution in [0.5, 0.6) is 0 Å². The van der Waals surface area contributed by atoms with E-state index in [0.717, 1.165) is 16.4 Å². The highest BCUT2D eigenvalue weighted by atomic mass is 31.0. The molecule has 0 bridgehead atoms. The van der Waals surface area contributed by atoms with Crippen molar-refractivity contribution in [3.05, 3.63) is 65.7 Å². The summed E-state index contributed by atoms with van der Waals surface area (Å²) in [5.41, 5.74) is 9.42. The molecule has 2 rings (SSSR count). The molecule has 16 heavy (non-hydrogen) atoms. The van der Waals surface area contributed by atoms with Crippen molar-refractivity contribution in [2.75, 3.05) is 0 Å². The number of nitrogens with one attached hydrogen (secondary N) is 1. The maximum absolute atomic E-state index is 7.32. The first-order valence-electron chi connectivity index (χ1n) is 5.08. The molecule has 2 atom stereocenters. The molecule has 80 valence electrons. The van der Waals surface area contributed by atoms with Crippen LogP contribution in [0.1, 0.15) is 17.2 Å². The second kappa shape index (κ2) is 5.00. The molecule has 2 aromatic rings. The van der Waals surface area contributed by atoms with Crippen molar-refractivity contribution < 1.29 is 0 Å². The van der Waals surface area contributed by atoms with Gasteiger partial charge in [0.25, 0.3) is 0 Å². The third-order valence-electron chi connectivity index (χ3n) is 2.47. The molecule has 0 aromatic heterocycles. The Morgan fingerprint density at radius 2 is 1.62 bits per heavy atom. The highest BCUT2D eigenvalue weighted by Gasteiger charge is 2.11. The van der Waals surface area contributed by atoms with E-state index in [2.05, 4.69) is 14.4 Å². The Balaban J connectivity index is 2.41. The quantitative estimate of drug-likeness (QED) is 0.618. The minimum atomic E-state index is -0.193. The van der Waals surface area contributed by atoms with Gasteiger partial charge in [0.1, 0.15) is 6.04 Å². The summed E-state index contributed by atoms with van der Waals surface area (Å²) >= 11 is 0. The second-order valence-corrected chi connectivity index (χ2v) is 4.28. The molecule has 0 spiro atoms. The SMILES string of the molecule is N=NC(c1ccccc1)c1cccc(P)c1. The normalized spacial score (nSPS) is 12.1. The van der Waals surface area contributed by atoms with E-state index >= 15 is 0 Å². The molecular formula is C13H13N2P. The van der Waals surface area contributed by atoms with Gasteiger partial charge in [-0.15, -0.1) is 9.24 Å². The van der Waals surface area contributed by atoms with E-state index in [9.17, 15) is 0 Å². The summed E-state index contributed by atoms with van der Waals surface area (Å²) in [5.74, 6) is 0. The van der Waals surface area contributed by atoms with Gasteiger partial charge in [-0.3, -0.25) is 0 Å². The Morgan fingerprint density at radius 1 is 0.938 bits per heavy atom. The van der Waals surface area contributed by atoms with E-state index in [1.165, 1.54) is 0 Å². The molecule has 2 nitrogen and oxygen atoms in total. The standard InChI is InChI=1S/C13H13N2P/c14-15-13(10-5-2-1-3-6-10)11-7-4-8-12(16)9-11/h1-9,13-14H,16H2. The molecule has 0 aliphatic rings. The van der Waals surface area contributed by atoms with Crippen LogP contribution in [0.15, 0.2) is 59.7 Å². The van der Waals surface area contributed by atoms with E-state index in [1.54, 1.807) is 0 Å². The Morgan fingerprint density at radius 3 is 2.25 bits per heavy atom. The first kappa shape index (κ1) is 11.0. The summed E-state index contributed by atoms with van der Waals surface area (Å²) in [6, 6.07) is 17.8. The molecule has 2 aromatic carbocycles. The minimum Gasteiger partial charge on any atom is -0.209 e. The van der Waals surface area contributed by atoms with Crippen LogP contribution in [0.25, 0.3) is 0 Å². The topological polar surface area (TPSA) is 36.2 Å². The van der Waals surface area contributed by atoms with Crippen LogP contribution in [0.4, 0.5) is 0 Å². The van der Waals surface area contributed by atoms with Gasteiger partial charge in [0.05, 0.1) is 0 Å². The van der Waals surface area contributed by atoms with Gasteiger partial charge in [-0.05, 0) is 22.5 Å². The maximum atomic E-state index is 7.32. The van der Waals surface area contributed by atoms with Crippen molar-refractivity contribution in [2.45, 2.75) is 6.04 Å². The Kier molecular flexibility index (Phi) is 3.43. The van der Waals surface area contributed by atoms with Gasteiger partial charge in [0.15, 0.2) is 0 Å². The number of benzene rings is 2. The number of hydrogen-bond acceptors (Lipinski definition) is 2. The van der Waals surface area contributed by atoms with E-state index in [0.29, 0.717) is 0 Å². The molecule has 1 N–H and O–H groups in total. The van der Waals surface area contributed by atoms with Gasteiger partial charge >= 0.3 is 0 Å². The minimum absolute atomic E-state index is 0.193. The van der Waals surface area contributed by atoms with Crippen LogP contribution in [-0.4, -0.2) is 0 Å². The maximum Gasteiger partial charge on any atom is 0.121 e. The number of rotatable bonds is 3. The molecule has 0 heterocycles. The first-order chi connectivity index (χ1) is 7.81. The van der Waals surface area contributed by atoms with Crippen LogP contribution in [-0.2, 0) is 0 Å². The predicted molar refractivity (Wildman–Crippen MR) is 69.2 cm³/mol. The second-order valence-electron chi connectivity index (χ2n) is 3.61. The van der Waals surface area contributed by atoms with E-state index in [1.807, 2.05) is 54.6 Å². The molecule has 0 amide bonds. The molecule has 3 heteroatoms. The van der Waals surface area contributed by atoms with Gasteiger partial charge in [-0.1, -0.05) is 48.5 Å². The third-order valence-corrected chi connectivity index (χ3v) is 2.83. The van der Waals surface area contributed by atoms with Crippen molar-refractivity contribution in [3.8, 4) is 0 Å². The monoisotopic (exact) mass is 228 g/mol. The zero-order valence-electron chi connectivity index (χ0n) is 8.80. The zero-order valence-corrected chi connectivity index (χ0v) is 9.95.